The zero-order valence-corrected chi connectivity index (χ0v) is 17.0. The van der Waals surface area contributed by atoms with Crippen LogP contribution in [0.5, 0.6) is 5.75 Å². The number of hydrogen-bond donors (Lipinski definition) is 1. The Balaban J connectivity index is 1.43. The third-order valence-electron chi connectivity index (χ3n) is 4.89. The first-order valence-electron chi connectivity index (χ1n) is 10.1. The van der Waals surface area contributed by atoms with Gasteiger partial charge in [-0.3, -0.25) is 0 Å². The number of urea groups is 1. The van der Waals surface area contributed by atoms with Crippen molar-refractivity contribution in [2.75, 3.05) is 26.2 Å². The van der Waals surface area contributed by atoms with Gasteiger partial charge >= 0.3 is 6.03 Å². The van der Waals surface area contributed by atoms with Crippen molar-refractivity contribution >= 4 is 6.03 Å². The molecular weight excluding hydrogens is 356 g/mol. The molecule has 1 aromatic heterocycles. The largest absolute Gasteiger partial charge is 0.493 e. The molecule has 1 aliphatic heterocycles. The van der Waals surface area contributed by atoms with Gasteiger partial charge in [-0.1, -0.05) is 31.1 Å². The van der Waals surface area contributed by atoms with Crippen LogP contribution in [0.3, 0.4) is 0 Å². The van der Waals surface area contributed by atoms with E-state index < -0.39 is 0 Å². The highest BCUT2D eigenvalue weighted by Crippen LogP contribution is 2.26. The van der Waals surface area contributed by atoms with E-state index >= 15 is 0 Å². The Morgan fingerprint density at radius 2 is 2.29 bits per heavy atom. The maximum atomic E-state index is 12.2. The number of aryl methyl sites for hydroxylation is 1. The topological polar surface area (TPSA) is 80.5 Å². The van der Waals surface area contributed by atoms with Gasteiger partial charge in [0.05, 0.1) is 12.5 Å². The van der Waals surface area contributed by atoms with Gasteiger partial charge in [0.1, 0.15) is 5.75 Å². The maximum Gasteiger partial charge on any atom is 0.317 e. The molecule has 1 saturated heterocycles. The predicted molar refractivity (Wildman–Crippen MR) is 106 cm³/mol. The number of benzene rings is 1. The van der Waals surface area contributed by atoms with Crippen molar-refractivity contribution in [2.24, 2.45) is 5.92 Å². The molecule has 28 heavy (non-hydrogen) atoms. The monoisotopic (exact) mass is 386 g/mol. The molecule has 152 valence electrons. The molecule has 2 heterocycles. The summed E-state index contributed by atoms with van der Waals surface area (Å²) in [7, 11) is 0. The summed E-state index contributed by atoms with van der Waals surface area (Å²) in [5.41, 5.74) is 1.17. The molecule has 1 aliphatic rings. The Labute approximate surface area is 166 Å². The van der Waals surface area contributed by atoms with Crippen molar-refractivity contribution in [2.45, 2.75) is 46.0 Å². The summed E-state index contributed by atoms with van der Waals surface area (Å²) in [6.07, 6.45) is 2.42. The number of rotatable bonds is 8. The van der Waals surface area contributed by atoms with E-state index in [1.54, 1.807) is 0 Å². The molecule has 1 aromatic carbocycles. The van der Waals surface area contributed by atoms with Crippen LogP contribution in [0.4, 0.5) is 4.79 Å². The molecule has 3 rings (SSSR count). The number of nitrogens with one attached hydrogen (secondary N) is 1. The first kappa shape index (κ1) is 20.2. The van der Waals surface area contributed by atoms with Gasteiger partial charge in [0.25, 0.3) is 0 Å². The molecule has 2 amide bonds. The number of nitrogens with zero attached hydrogens (tertiary/aromatic N) is 3. The van der Waals surface area contributed by atoms with Crippen molar-refractivity contribution in [3.63, 3.8) is 0 Å². The van der Waals surface area contributed by atoms with E-state index in [0.717, 1.165) is 18.6 Å². The first-order chi connectivity index (χ1) is 13.5. The molecule has 0 spiro atoms. The lowest BCUT2D eigenvalue weighted by Gasteiger charge is -2.17. The summed E-state index contributed by atoms with van der Waals surface area (Å²) in [4.78, 5) is 18.6. The van der Waals surface area contributed by atoms with E-state index in [1.165, 1.54) is 5.56 Å². The Kier molecular flexibility index (Phi) is 6.90. The molecule has 1 N–H and O–H groups in total. The summed E-state index contributed by atoms with van der Waals surface area (Å²) in [6.45, 7) is 8.88. The Morgan fingerprint density at radius 1 is 1.43 bits per heavy atom. The molecule has 1 fully saturated rings. The van der Waals surface area contributed by atoms with Gasteiger partial charge in [0.15, 0.2) is 5.82 Å². The average Bonchev–Trinajstić information content (AvgIpc) is 3.31. The molecule has 0 aliphatic carbocycles. The van der Waals surface area contributed by atoms with Gasteiger partial charge < -0.3 is 19.5 Å². The van der Waals surface area contributed by atoms with Crippen molar-refractivity contribution in [1.29, 1.82) is 0 Å². The second kappa shape index (κ2) is 9.57. The number of likely N-dealkylation sites (tertiary alicyclic amines) is 1. The molecule has 1 unspecified atom stereocenters. The summed E-state index contributed by atoms with van der Waals surface area (Å²) in [5.74, 6) is 2.79. The normalized spacial score (nSPS) is 16.6. The fraction of sp³-hybridized carbons (Fsp3) is 0.571. The smallest absolute Gasteiger partial charge is 0.317 e. The number of carbonyl (C=O) groups is 1. The van der Waals surface area contributed by atoms with Gasteiger partial charge in [-0.05, 0) is 43.4 Å². The summed E-state index contributed by atoms with van der Waals surface area (Å²) in [6, 6.07) is 7.94. The van der Waals surface area contributed by atoms with Crippen LogP contribution < -0.4 is 10.1 Å². The van der Waals surface area contributed by atoms with Crippen LogP contribution >= 0.6 is 0 Å². The molecule has 7 heteroatoms. The van der Waals surface area contributed by atoms with Crippen LogP contribution in [0.1, 0.15) is 49.9 Å². The molecule has 0 bridgehead atoms. The highest BCUT2D eigenvalue weighted by Gasteiger charge is 2.31. The van der Waals surface area contributed by atoms with Crippen LogP contribution in [-0.4, -0.2) is 47.3 Å². The van der Waals surface area contributed by atoms with E-state index in [4.69, 9.17) is 9.26 Å². The van der Waals surface area contributed by atoms with E-state index in [2.05, 4.69) is 29.3 Å². The summed E-state index contributed by atoms with van der Waals surface area (Å²) in [5, 5.41) is 7.05. The number of carbonyl (C=O) groups excluding carboxylic acids is 1. The molecular formula is C21H30N4O3. The lowest BCUT2D eigenvalue weighted by molar-refractivity contribution is 0.207. The summed E-state index contributed by atoms with van der Waals surface area (Å²) < 4.78 is 11.2. The zero-order chi connectivity index (χ0) is 19.9. The standard InChI is InChI=1S/C21H30N4O3/c1-15(2)7-10-22-21(26)25-11-8-17(14-25)20-23-19(24-28-20)9-12-27-18-6-4-5-16(3)13-18/h4-6,13,15,17H,7-12,14H2,1-3H3,(H,22,26). The lowest BCUT2D eigenvalue weighted by atomic mass is 10.1. The minimum absolute atomic E-state index is 0.00515. The van der Waals surface area contributed by atoms with Crippen LogP contribution in [0.2, 0.25) is 0 Å². The van der Waals surface area contributed by atoms with Crippen LogP contribution in [0, 0.1) is 12.8 Å². The van der Waals surface area contributed by atoms with E-state index in [1.807, 2.05) is 36.1 Å². The average molecular weight is 386 g/mol. The SMILES string of the molecule is Cc1cccc(OCCc2noc(C3CCN(C(=O)NCCC(C)C)C3)n2)c1. The predicted octanol–water partition coefficient (Wildman–Crippen LogP) is 3.54. The molecule has 0 radical (unpaired) electrons. The highest BCUT2D eigenvalue weighted by atomic mass is 16.5. The van der Waals surface area contributed by atoms with Crippen LogP contribution in [-0.2, 0) is 6.42 Å². The number of aromatic nitrogens is 2. The third-order valence-corrected chi connectivity index (χ3v) is 4.89. The number of hydrogen-bond acceptors (Lipinski definition) is 5. The van der Waals surface area contributed by atoms with Gasteiger partial charge in [0.2, 0.25) is 5.89 Å². The number of ether oxygens (including phenoxy) is 1. The quantitative estimate of drug-likeness (QED) is 0.750. The fourth-order valence-corrected chi connectivity index (χ4v) is 3.23. The van der Waals surface area contributed by atoms with E-state index in [9.17, 15) is 4.79 Å². The fourth-order valence-electron chi connectivity index (χ4n) is 3.23. The van der Waals surface area contributed by atoms with Crippen LogP contribution in [0.15, 0.2) is 28.8 Å². The Bertz CT molecular complexity index is 775. The molecule has 7 nitrogen and oxygen atoms in total. The third kappa shape index (κ3) is 5.71. The highest BCUT2D eigenvalue weighted by molar-refractivity contribution is 5.74. The minimum Gasteiger partial charge on any atom is -0.493 e. The van der Waals surface area contributed by atoms with Gasteiger partial charge in [-0.2, -0.15) is 4.98 Å². The van der Waals surface area contributed by atoms with Gasteiger partial charge in [-0.15, -0.1) is 0 Å². The second-order valence-electron chi connectivity index (χ2n) is 7.81. The summed E-state index contributed by atoms with van der Waals surface area (Å²) >= 11 is 0. The number of amides is 2. The maximum absolute atomic E-state index is 12.2. The van der Waals surface area contributed by atoms with Crippen molar-refractivity contribution in [3.05, 3.63) is 41.5 Å². The van der Waals surface area contributed by atoms with Crippen LogP contribution in [0.25, 0.3) is 0 Å². The first-order valence-corrected chi connectivity index (χ1v) is 10.1. The van der Waals surface area contributed by atoms with E-state index in [0.29, 0.717) is 50.3 Å². The lowest BCUT2D eigenvalue weighted by Crippen LogP contribution is -2.39. The van der Waals surface area contributed by atoms with E-state index in [-0.39, 0.29) is 11.9 Å². The Hall–Kier alpha value is -2.57. The Morgan fingerprint density at radius 3 is 3.07 bits per heavy atom. The van der Waals surface area contributed by atoms with Gasteiger partial charge in [-0.25, -0.2) is 4.79 Å². The zero-order valence-electron chi connectivity index (χ0n) is 17.0. The minimum atomic E-state index is -0.00515. The van der Waals surface area contributed by atoms with Crippen molar-refractivity contribution in [3.8, 4) is 5.75 Å². The molecule has 0 saturated carbocycles. The van der Waals surface area contributed by atoms with Crippen molar-refractivity contribution in [1.82, 2.24) is 20.4 Å². The molecule has 1 atom stereocenters. The second-order valence-corrected chi connectivity index (χ2v) is 7.81. The van der Waals surface area contributed by atoms with Crippen molar-refractivity contribution < 1.29 is 14.1 Å². The van der Waals surface area contributed by atoms with Gasteiger partial charge in [0, 0.05) is 26.1 Å². The molecule has 2 aromatic rings.